The van der Waals surface area contributed by atoms with Gasteiger partial charge in [-0.3, -0.25) is 0 Å². The van der Waals surface area contributed by atoms with Crippen LogP contribution < -0.4 is 5.32 Å². The lowest BCUT2D eigenvalue weighted by atomic mass is 9.83. The van der Waals surface area contributed by atoms with Gasteiger partial charge in [0.05, 0.1) is 6.61 Å². The van der Waals surface area contributed by atoms with Crippen LogP contribution >= 0.6 is 0 Å². The minimum Gasteiger partial charge on any atom is -0.383 e. The van der Waals surface area contributed by atoms with Crippen molar-refractivity contribution in [2.75, 3.05) is 25.1 Å². The van der Waals surface area contributed by atoms with Crippen LogP contribution in [-0.2, 0) is 4.74 Å². The molecule has 0 spiro atoms. The van der Waals surface area contributed by atoms with Crippen molar-refractivity contribution in [3.63, 3.8) is 0 Å². The zero-order chi connectivity index (χ0) is 11.9. The molecule has 1 aromatic carbocycles. The van der Waals surface area contributed by atoms with E-state index in [1.54, 1.807) is 0 Å². The van der Waals surface area contributed by atoms with Crippen LogP contribution in [0.2, 0.25) is 0 Å². The van der Waals surface area contributed by atoms with Crippen LogP contribution in [0.5, 0.6) is 0 Å². The Balaban J connectivity index is 1.49. The summed E-state index contributed by atoms with van der Waals surface area (Å²) in [7, 11) is 0. The van der Waals surface area contributed by atoms with Crippen molar-refractivity contribution in [1.82, 2.24) is 0 Å². The van der Waals surface area contributed by atoms with Gasteiger partial charge in [0.2, 0.25) is 0 Å². The van der Waals surface area contributed by atoms with Crippen LogP contribution in [0.1, 0.15) is 31.2 Å². The Morgan fingerprint density at radius 1 is 1.18 bits per heavy atom. The molecule has 94 valence electrons. The van der Waals surface area contributed by atoms with Gasteiger partial charge in [-0.2, -0.15) is 0 Å². The third-order valence-corrected chi connectivity index (χ3v) is 3.52. The van der Waals surface area contributed by atoms with Gasteiger partial charge >= 0.3 is 0 Å². The summed E-state index contributed by atoms with van der Waals surface area (Å²) in [6.07, 6.45) is 5.53. The Morgan fingerprint density at radius 2 is 1.94 bits per heavy atom. The summed E-state index contributed by atoms with van der Waals surface area (Å²) in [5.74, 6) is 0.958. The fraction of sp³-hybridized carbons (Fsp3) is 0.600. The third-order valence-electron chi connectivity index (χ3n) is 3.52. The van der Waals surface area contributed by atoms with E-state index in [1.807, 2.05) is 0 Å². The normalized spacial score (nSPS) is 15.6. The molecule has 1 N–H and O–H groups in total. The molecule has 2 rings (SSSR count). The first-order valence-corrected chi connectivity index (χ1v) is 6.73. The monoisotopic (exact) mass is 233 g/mol. The minimum absolute atomic E-state index is 0.806. The van der Waals surface area contributed by atoms with E-state index in [0.717, 1.165) is 25.7 Å². The van der Waals surface area contributed by atoms with E-state index in [2.05, 4.69) is 36.5 Å². The summed E-state index contributed by atoms with van der Waals surface area (Å²) >= 11 is 0. The zero-order valence-corrected chi connectivity index (χ0v) is 10.7. The maximum Gasteiger partial charge on any atom is 0.0639 e. The van der Waals surface area contributed by atoms with Gasteiger partial charge in [0.15, 0.2) is 0 Å². The number of nitrogens with one attached hydrogen (secondary N) is 1. The van der Waals surface area contributed by atoms with Gasteiger partial charge in [-0.1, -0.05) is 37.0 Å². The number of hydrogen-bond acceptors (Lipinski definition) is 2. The molecule has 0 bridgehead atoms. The molecule has 1 saturated carbocycles. The summed E-state index contributed by atoms with van der Waals surface area (Å²) in [6.45, 7) is 4.74. The van der Waals surface area contributed by atoms with Crippen LogP contribution in [0.15, 0.2) is 24.3 Å². The second-order valence-corrected chi connectivity index (χ2v) is 4.99. The van der Waals surface area contributed by atoms with E-state index in [9.17, 15) is 0 Å². The van der Waals surface area contributed by atoms with Crippen molar-refractivity contribution >= 4 is 5.69 Å². The van der Waals surface area contributed by atoms with Gasteiger partial charge in [0.1, 0.15) is 0 Å². The number of benzene rings is 1. The Kier molecular flexibility index (Phi) is 4.87. The molecule has 1 aliphatic carbocycles. The topological polar surface area (TPSA) is 21.3 Å². The van der Waals surface area contributed by atoms with Gasteiger partial charge in [-0.05, 0) is 31.4 Å². The van der Waals surface area contributed by atoms with Gasteiger partial charge < -0.3 is 10.1 Å². The van der Waals surface area contributed by atoms with Gasteiger partial charge in [0.25, 0.3) is 0 Å². The highest BCUT2D eigenvalue weighted by Gasteiger charge is 2.16. The Morgan fingerprint density at radius 3 is 2.59 bits per heavy atom. The van der Waals surface area contributed by atoms with E-state index in [0.29, 0.717) is 0 Å². The second-order valence-electron chi connectivity index (χ2n) is 4.99. The molecule has 17 heavy (non-hydrogen) atoms. The summed E-state index contributed by atoms with van der Waals surface area (Å²) in [5, 5.41) is 3.36. The van der Waals surface area contributed by atoms with Gasteiger partial charge in [0, 0.05) is 18.8 Å². The van der Waals surface area contributed by atoms with Crippen LogP contribution in [0.3, 0.4) is 0 Å². The molecule has 1 fully saturated rings. The zero-order valence-electron chi connectivity index (χ0n) is 10.7. The predicted molar refractivity (Wildman–Crippen MR) is 72.4 cm³/mol. The molecule has 2 heteroatoms. The minimum atomic E-state index is 0.806. The Labute approximate surface area is 104 Å². The first-order chi connectivity index (χ1) is 8.34. The molecule has 0 atom stereocenters. The first-order valence-electron chi connectivity index (χ1n) is 6.73. The maximum atomic E-state index is 5.62. The number of ether oxygens (including phenoxy) is 1. The molecule has 0 amide bonds. The molecule has 0 saturated heterocycles. The van der Waals surface area contributed by atoms with E-state index in [4.69, 9.17) is 4.74 Å². The number of hydrogen-bond donors (Lipinski definition) is 1. The molecule has 1 aliphatic rings. The number of aryl methyl sites for hydroxylation is 1. The molecule has 0 heterocycles. The lowest BCUT2D eigenvalue weighted by Gasteiger charge is -2.24. The van der Waals surface area contributed by atoms with Gasteiger partial charge in [-0.25, -0.2) is 0 Å². The largest absolute Gasteiger partial charge is 0.383 e. The highest BCUT2D eigenvalue weighted by Crippen LogP contribution is 2.28. The fourth-order valence-electron chi connectivity index (χ4n) is 2.07. The van der Waals surface area contributed by atoms with Crippen LogP contribution in [0.25, 0.3) is 0 Å². The average Bonchev–Trinajstić information content (AvgIpc) is 2.28. The second kappa shape index (κ2) is 6.65. The lowest BCUT2D eigenvalue weighted by molar-refractivity contribution is 0.114. The lowest BCUT2D eigenvalue weighted by Crippen LogP contribution is -2.15. The van der Waals surface area contributed by atoms with Crippen molar-refractivity contribution < 1.29 is 4.74 Å². The SMILES string of the molecule is Cc1ccc(NCCOCCC2CCC2)cc1. The smallest absolute Gasteiger partial charge is 0.0639 e. The fourth-order valence-corrected chi connectivity index (χ4v) is 2.07. The molecule has 0 aromatic heterocycles. The molecule has 0 radical (unpaired) electrons. The van der Waals surface area contributed by atoms with Crippen molar-refractivity contribution in [3.05, 3.63) is 29.8 Å². The summed E-state index contributed by atoms with van der Waals surface area (Å²) in [5.41, 5.74) is 2.48. The number of anilines is 1. The molecule has 0 unspecified atom stereocenters. The highest BCUT2D eigenvalue weighted by molar-refractivity contribution is 5.44. The molecular weight excluding hydrogens is 210 g/mol. The predicted octanol–water partition coefficient (Wildman–Crippen LogP) is 3.61. The summed E-state index contributed by atoms with van der Waals surface area (Å²) in [6, 6.07) is 8.48. The Hall–Kier alpha value is -1.02. The van der Waals surface area contributed by atoms with Crippen molar-refractivity contribution in [1.29, 1.82) is 0 Å². The summed E-state index contributed by atoms with van der Waals surface area (Å²) < 4.78 is 5.62. The highest BCUT2D eigenvalue weighted by atomic mass is 16.5. The third kappa shape index (κ3) is 4.39. The molecular formula is C15H23NO. The standard InChI is InChI=1S/C15H23NO/c1-13-5-7-15(8-6-13)16-10-12-17-11-9-14-3-2-4-14/h5-8,14,16H,2-4,9-12H2,1H3. The molecule has 2 nitrogen and oxygen atoms in total. The van der Waals surface area contributed by atoms with Crippen LogP contribution in [-0.4, -0.2) is 19.8 Å². The van der Waals surface area contributed by atoms with E-state index in [1.165, 1.54) is 36.9 Å². The van der Waals surface area contributed by atoms with Crippen molar-refractivity contribution in [2.45, 2.75) is 32.6 Å². The van der Waals surface area contributed by atoms with Crippen LogP contribution in [0.4, 0.5) is 5.69 Å². The van der Waals surface area contributed by atoms with Crippen LogP contribution in [0, 0.1) is 12.8 Å². The first kappa shape index (κ1) is 12.4. The van der Waals surface area contributed by atoms with E-state index < -0.39 is 0 Å². The number of rotatable bonds is 7. The quantitative estimate of drug-likeness (QED) is 0.726. The molecule has 1 aromatic rings. The summed E-state index contributed by atoms with van der Waals surface area (Å²) in [4.78, 5) is 0. The maximum absolute atomic E-state index is 5.62. The van der Waals surface area contributed by atoms with E-state index in [-0.39, 0.29) is 0 Å². The van der Waals surface area contributed by atoms with Gasteiger partial charge in [-0.15, -0.1) is 0 Å². The average molecular weight is 233 g/mol. The van der Waals surface area contributed by atoms with Crippen molar-refractivity contribution in [3.8, 4) is 0 Å². The van der Waals surface area contributed by atoms with E-state index >= 15 is 0 Å². The Bertz CT molecular complexity index is 316. The van der Waals surface area contributed by atoms with Crippen molar-refractivity contribution in [2.24, 2.45) is 5.92 Å². The molecule has 0 aliphatic heterocycles.